The van der Waals surface area contributed by atoms with E-state index in [-0.39, 0.29) is 12.2 Å². The van der Waals surface area contributed by atoms with E-state index in [4.69, 9.17) is 9.47 Å². The fourth-order valence-electron chi connectivity index (χ4n) is 3.25. The number of rotatable bonds is 4. The first-order valence-electron chi connectivity index (χ1n) is 7.25. The second-order valence-electron chi connectivity index (χ2n) is 5.29. The van der Waals surface area contributed by atoms with Crippen molar-refractivity contribution >= 4 is 0 Å². The van der Waals surface area contributed by atoms with Crippen molar-refractivity contribution in [2.24, 2.45) is 0 Å². The van der Waals surface area contributed by atoms with E-state index in [2.05, 4.69) is 22.9 Å². The highest BCUT2D eigenvalue weighted by Crippen LogP contribution is 2.31. The van der Waals surface area contributed by atoms with Crippen LogP contribution in [-0.2, 0) is 16.0 Å². The lowest BCUT2D eigenvalue weighted by atomic mass is 10.0. The molecule has 4 nitrogen and oxygen atoms in total. The number of hydrogen-bond donors (Lipinski definition) is 0. The van der Waals surface area contributed by atoms with E-state index in [1.54, 1.807) is 0 Å². The minimum Gasteiger partial charge on any atom is -0.374 e. The van der Waals surface area contributed by atoms with Crippen molar-refractivity contribution in [2.75, 3.05) is 19.8 Å². The van der Waals surface area contributed by atoms with E-state index in [9.17, 15) is 0 Å². The smallest absolute Gasteiger partial charge is 0.100 e. The Balaban J connectivity index is 1.70. The van der Waals surface area contributed by atoms with E-state index in [0.717, 1.165) is 38.4 Å². The summed E-state index contributed by atoms with van der Waals surface area (Å²) < 4.78 is 11.8. The van der Waals surface area contributed by atoms with Crippen LogP contribution < -0.4 is 0 Å². The summed E-state index contributed by atoms with van der Waals surface area (Å²) in [6, 6.07) is 6.59. The van der Waals surface area contributed by atoms with E-state index in [0.29, 0.717) is 6.04 Å². The second kappa shape index (κ2) is 5.99. The molecule has 2 aliphatic heterocycles. The zero-order valence-corrected chi connectivity index (χ0v) is 11.5. The van der Waals surface area contributed by atoms with Gasteiger partial charge in [-0.15, -0.1) is 0 Å². The molecule has 3 atom stereocenters. The number of hydrogen-bond acceptors (Lipinski definition) is 4. The fraction of sp³-hybridized carbons (Fsp3) is 0.667. The topological polar surface area (TPSA) is 34.6 Å². The molecule has 2 saturated heterocycles. The third-order valence-corrected chi connectivity index (χ3v) is 4.06. The molecule has 0 unspecified atom stereocenters. The Bertz CT molecular complexity index is 398. The van der Waals surface area contributed by atoms with Gasteiger partial charge in [-0.3, -0.25) is 9.88 Å². The summed E-state index contributed by atoms with van der Waals surface area (Å²) in [7, 11) is 0. The molecule has 104 valence electrons. The maximum atomic E-state index is 5.95. The predicted molar refractivity (Wildman–Crippen MR) is 72.8 cm³/mol. The molecular weight excluding hydrogens is 240 g/mol. The zero-order valence-electron chi connectivity index (χ0n) is 11.5. The molecule has 2 fully saturated rings. The van der Waals surface area contributed by atoms with Crippen LogP contribution in [0.5, 0.6) is 0 Å². The lowest BCUT2D eigenvalue weighted by Gasteiger charge is -2.32. The molecule has 1 aromatic rings. The Hall–Kier alpha value is -0.970. The van der Waals surface area contributed by atoms with Crippen LogP contribution in [0, 0.1) is 0 Å². The monoisotopic (exact) mass is 262 g/mol. The maximum Gasteiger partial charge on any atom is 0.100 e. The lowest BCUT2D eigenvalue weighted by molar-refractivity contribution is -0.0750. The Morgan fingerprint density at radius 3 is 3.21 bits per heavy atom. The van der Waals surface area contributed by atoms with E-state index in [1.165, 1.54) is 6.42 Å². The standard InChI is InChI=1S/C15H22N2O2/c1-2-18-14-11-17(10-12-6-3-4-8-16-12)13-7-5-9-19-15(13)14/h3-4,6,8,13-15H,2,5,7,9-11H2,1H3/t13-,14+,15+/m0/s1. The molecule has 0 N–H and O–H groups in total. The predicted octanol–water partition coefficient (Wildman–Crippen LogP) is 1.85. The van der Waals surface area contributed by atoms with Crippen molar-refractivity contribution in [1.29, 1.82) is 0 Å². The van der Waals surface area contributed by atoms with Crippen LogP contribution in [0.3, 0.4) is 0 Å². The van der Waals surface area contributed by atoms with Gasteiger partial charge in [-0.2, -0.15) is 0 Å². The van der Waals surface area contributed by atoms with Crippen LogP contribution >= 0.6 is 0 Å². The van der Waals surface area contributed by atoms with Gasteiger partial charge < -0.3 is 9.47 Å². The number of pyridine rings is 1. The molecule has 0 amide bonds. The Morgan fingerprint density at radius 2 is 2.42 bits per heavy atom. The van der Waals surface area contributed by atoms with Crippen molar-refractivity contribution in [3.05, 3.63) is 30.1 Å². The molecule has 3 rings (SSSR count). The first kappa shape index (κ1) is 13.0. The quantitative estimate of drug-likeness (QED) is 0.829. The van der Waals surface area contributed by atoms with Crippen LogP contribution in [0.2, 0.25) is 0 Å². The fourth-order valence-corrected chi connectivity index (χ4v) is 3.25. The minimum atomic E-state index is 0.221. The molecule has 0 radical (unpaired) electrons. The Kier molecular flexibility index (Phi) is 4.11. The number of nitrogens with zero attached hydrogens (tertiary/aromatic N) is 2. The number of ether oxygens (including phenoxy) is 2. The van der Waals surface area contributed by atoms with E-state index >= 15 is 0 Å². The van der Waals surface area contributed by atoms with Gasteiger partial charge in [0.25, 0.3) is 0 Å². The highest BCUT2D eigenvalue weighted by atomic mass is 16.5. The SMILES string of the molecule is CCO[C@@H]1CN(Cc2ccccn2)[C@H]2CCCO[C@@H]12. The van der Waals surface area contributed by atoms with Gasteiger partial charge in [-0.05, 0) is 31.9 Å². The second-order valence-corrected chi connectivity index (χ2v) is 5.29. The first-order valence-corrected chi connectivity index (χ1v) is 7.25. The lowest BCUT2D eigenvalue weighted by Crippen LogP contribution is -2.41. The molecule has 0 aromatic carbocycles. The highest BCUT2D eigenvalue weighted by molar-refractivity contribution is 5.06. The van der Waals surface area contributed by atoms with Crippen LogP contribution in [-0.4, -0.2) is 47.9 Å². The summed E-state index contributed by atoms with van der Waals surface area (Å²) in [6.45, 7) is 5.55. The largest absolute Gasteiger partial charge is 0.374 e. The van der Waals surface area contributed by atoms with Gasteiger partial charge in [-0.25, -0.2) is 0 Å². The summed E-state index contributed by atoms with van der Waals surface area (Å²) in [5, 5.41) is 0. The molecule has 2 aliphatic rings. The molecule has 1 aromatic heterocycles. The maximum absolute atomic E-state index is 5.95. The van der Waals surface area contributed by atoms with Crippen molar-refractivity contribution in [1.82, 2.24) is 9.88 Å². The van der Waals surface area contributed by atoms with Gasteiger partial charge >= 0.3 is 0 Å². The molecule has 0 bridgehead atoms. The summed E-state index contributed by atoms with van der Waals surface area (Å²) in [5.41, 5.74) is 1.13. The summed E-state index contributed by atoms with van der Waals surface area (Å²) in [6.07, 6.45) is 4.69. The van der Waals surface area contributed by atoms with Gasteiger partial charge in [-0.1, -0.05) is 6.07 Å². The molecule has 0 aliphatic carbocycles. The highest BCUT2D eigenvalue weighted by Gasteiger charge is 2.44. The Labute approximate surface area is 114 Å². The molecule has 4 heteroatoms. The average molecular weight is 262 g/mol. The van der Waals surface area contributed by atoms with Crippen LogP contribution in [0.25, 0.3) is 0 Å². The normalized spacial score (nSPS) is 31.3. The van der Waals surface area contributed by atoms with Gasteiger partial charge in [0.1, 0.15) is 6.10 Å². The van der Waals surface area contributed by atoms with Gasteiger partial charge in [0.15, 0.2) is 0 Å². The van der Waals surface area contributed by atoms with Gasteiger partial charge in [0.05, 0.1) is 11.8 Å². The first-order chi connectivity index (χ1) is 9.38. The number of likely N-dealkylation sites (tertiary alicyclic amines) is 1. The summed E-state index contributed by atoms with van der Waals surface area (Å²) in [5.74, 6) is 0. The van der Waals surface area contributed by atoms with Crippen molar-refractivity contribution < 1.29 is 9.47 Å². The van der Waals surface area contributed by atoms with Gasteiger partial charge in [0.2, 0.25) is 0 Å². The van der Waals surface area contributed by atoms with Crippen molar-refractivity contribution in [3.63, 3.8) is 0 Å². The third kappa shape index (κ3) is 2.81. The number of fused-ring (bicyclic) bond motifs is 1. The van der Waals surface area contributed by atoms with Crippen LogP contribution in [0.1, 0.15) is 25.5 Å². The van der Waals surface area contributed by atoms with Gasteiger partial charge in [0, 0.05) is 38.5 Å². The van der Waals surface area contributed by atoms with Crippen molar-refractivity contribution in [3.8, 4) is 0 Å². The van der Waals surface area contributed by atoms with Crippen LogP contribution in [0.15, 0.2) is 24.4 Å². The minimum absolute atomic E-state index is 0.221. The average Bonchev–Trinajstić information content (AvgIpc) is 2.79. The van der Waals surface area contributed by atoms with E-state index in [1.807, 2.05) is 18.3 Å². The summed E-state index contributed by atoms with van der Waals surface area (Å²) in [4.78, 5) is 6.91. The van der Waals surface area contributed by atoms with Crippen molar-refractivity contribution in [2.45, 2.75) is 44.6 Å². The third-order valence-electron chi connectivity index (χ3n) is 4.06. The molecule has 0 spiro atoms. The van der Waals surface area contributed by atoms with E-state index < -0.39 is 0 Å². The molecule has 3 heterocycles. The zero-order chi connectivity index (χ0) is 13.1. The Morgan fingerprint density at radius 1 is 1.47 bits per heavy atom. The molecule has 0 saturated carbocycles. The molecule has 19 heavy (non-hydrogen) atoms. The summed E-state index contributed by atoms with van der Waals surface area (Å²) >= 11 is 0. The molecular formula is C15H22N2O2. The van der Waals surface area contributed by atoms with Crippen LogP contribution in [0.4, 0.5) is 0 Å². The number of aromatic nitrogens is 1.